The molecule has 0 amide bonds. The van der Waals surface area contributed by atoms with Gasteiger partial charge >= 0.3 is 0 Å². The second kappa shape index (κ2) is 7.37. The van der Waals surface area contributed by atoms with Crippen LogP contribution in [-0.2, 0) is 16.4 Å². The second-order valence-corrected chi connectivity index (χ2v) is 7.84. The van der Waals surface area contributed by atoms with Crippen LogP contribution in [0.15, 0.2) is 52.4 Å². The van der Waals surface area contributed by atoms with Crippen LogP contribution in [0.3, 0.4) is 0 Å². The first-order valence-corrected chi connectivity index (χ1v) is 9.74. The first-order chi connectivity index (χ1) is 12.5. The van der Waals surface area contributed by atoms with E-state index in [0.29, 0.717) is 36.8 Å². The standard InChI is InChI=1S/C19H22N2O4S/c1-14-11-17(25-3)18(13-16(14)24-2)26(22,23)21-10-9-20-19(21)12-15-7-5-4-6-8-15/h4-8,11,13H,9-10,12H2,1-3H3. The highest BCUT2D eigenvalue weighted by molar-refractivity contribution is 7.89. The van der Waals surface area contributed by atoms with Gasteiger partial charge in [0.25, 0.3) is 10.0 Å². The lowest BCUT2D eigenvalue weighted by atomic mass is 10.1. The summed E-state index contributed by atoms with van der Waals surface area (Å²) in [7, 11) is -0.824. The monoisotopic (exact) mass is 374 g/mol. The summed E-state index contributed by atoms with van der Waals surface area (Å²) in [6.07, 6.45) is 0.464. The number of amidine groups is 1. The maximum atomic E-state index is 13.3. The predicted octanol–water partition coefficient (Wildman–Crippen LogP) is 2.66. The Balaban J connectivity index is 1.99. The van der Waals surface area contributed by atoms with Crippen LogP contribution in [0.25, 0.3) is 0 Å². The third kappa shape index (κ3) is 3.39. The Morgan fingerprint density at radius 3 is 2.42 bits per heavy atom. The van der Waals surface area contributed by atoms with Crippen LogP contribution in [0.5, 0.6) is 11.5 Å². The molecular formula is C19H22N2O4S. The van der Waals surface area contributed by atoms with E-state index in [1.165, 1.54) is 24.6 Å². The van der Waals surface area contributed by atoms with E-state index < -0.39 is 10.0 Å². The van der Waals surface area contributed by atoms with Gasteiger partial charge in [-0.1, -0.05) is 30.3 Å². The highest BCUT2D eigenvalue weighted by atomic mass is 32.2. The summed E-state index contributed by atoms with van der Waals surface area (Å²) in [4.78, 5) is 4.50. The minimum Gasteiger partial charge on any atom is -0.496 e. The van der Waals surface area contributed by atoms with Crippen molar-refractivity contribution >= 4 is 15.9 Å². The molecule has 0 radical (unpaired) electrons. The molecule has 0 atom stereocenters. The highest BCUT2D eigenvalue weighted by Gasteiger charge is 2.33. The number of sulfonamides is 1. The summed E-state index contributed by atoms with van der Waals surface area (Å²) >= 11 is 0. The van der Waals surface area contributed by atoms with E-state index in [9.17, 15) is 8.42 Å². The van der Waals surface area contributed by atoms with Crippen molar-refractivity contribution in [1.29, 1.82) is 0 Å². The Morgan fingerprint density at radius 1 is 1.08 bits per heavy atom. The van der Waals surface area contributed by atoms with Crippen molar-refractivity contribution in [3.63, 3.8) is 0 Å². The van der Waals surface area contributed by atoms with Gasteiger partial charge in [-0.25, -0.2) is 8.42 Å². The smallest absolute Gasteiger partial charge is 0.269 e. The molecule has 6 nitrogen and oxygen atoms in total. The lowest BCUT2D eigenvalue weighted by Crippen LogP contribution is -2.35. The fraction of sp³-hybridized carbons (Fsp3) is 0.316. The summed E-state index contributed by atoms with van der Waals surface area (Å²) in [5, 5.41) is 0. The molecule has 2 aromatic carbocycles. The first-order valence-electron chi connectivity index (χ1n) is 8.30. The van der Waals surface area contributed by atoms with Gasteiger partial charge in [0.2, 0.25) is 0 Å². The van der Waals surface area contributed by atoms with Crippen LogP contribution in [0.1, 0.15) is 11.1 Å². The van der Waals surface area contributed by atoms with Crippen molar-refractivity contribution in [3.05, 3.63) is 53.6 Å². The molecule has 0 spiro atoms. The van der Waals surface area contributed by atoms with Gasteiger partial charge in [0.15, 0.2) is 0 Å². The molecule has 2 aromatic rings. The summed E-state index contributed by atoms with van der Waals surface area (Å²) in [6, 6.07) is 12.9. The molecule has 3 rings (SSSR count). The number of ether oxygens (including phenoxy) is 2. The lowest BCUT2D eigenvalue weighted by molar-refractivity contribution is 0.388. The molecule has 138 valence electrons. The van der Waals surface area contributed by atoms with Gasteiger partial charge in [0, 0.05) is 12.5 Å². The van der Waals surface area contributed by atoms with E-state index >= 15 is 0 Å². The van der Waals surface area contributed by atoms with Crippen molar-refractivity contribution in [2.75, 3.05) is 27.3 Å². The molecule has 0 fully saturated rings. The molecule has 0 saturated carbocycles. The van der Waals surface area contributed by atoms with E-state index in [2.05, 4.69) is 4.99 Å². The van der Waals surface area contributed by atoms with Gasteiger partial charge in [-0.2, -0.15) is 0 Å². The number of rotatable bonds is 6. The van der Waals surface area contributed by atoms with E-state index in [1.54, 1.807) is 6.07 Å². The fourth-order valence-electron chi connectivity index (χ4n) is 3.00. The average molecular weight is 374 g/mol. The Hall–Kier alpha value is -2.54. The maximum Gasteiger partial charge on any atom is 0.269 e. The molecule has 0 unspecified atom stereocenters. The highest BCUT2D eigenvalue weighted by Crippen LogP contribution is 2.34. The van der Waals surface area contributed by atoms with Crippen LogP contribution < -0.4 is 9.47 Å². The van der Waals surface area contributed by atoms with Gasteiger partial charge in [-0.05, 0) is 24.1 Å². The van der Waals surface area contributed by atoms with Gasteiger partial charge in [-0.3, -0.25) is 9.30 Å². The van der Waals surface area contributed by atoms with Crippen molar-refractivity contribution < 1.29 is 17.9 Å². The fourth-order valence-corrected chi connectivity index (χ4v) is 4.61. The number of methoxy groups -OCH3 is 2. The van der Waals surface area contributed by atoms with Crippen LogP contribution in [0, 0.1) is 6.92 Å². The molecular weight excluding hydrogens is 352 g/mol. The predicted molar refractivity (Wildman–Crippen MR) is 101 cm³/mol. The molecule has 1 aliphatic heterocycles. The average Bonchev–Trinajstić information content (AvgIpc) is 3.11. The van der Waals surface area contributed by atoms with Gasteiger partial charge < -0.3 is 9.47 Å². The zero-order valence-corrected chi connectivity index (χ0v) is 15.9. The van der Waals surface area contributed by atoms with Gasteiger partial charge in [-0.15, -0.1) is 0 Å². The second-order valence-electron chi connectivity index (χ2n) is 6.01. The summed E-state index contributed by atoms with van der Waals surface area (Å²) < 4.78 is 38.6. The van der Waals surface area contributed by atoms with E-state index in [4.69, 9.17) is 9.47 Å². The van der Waals surface area contributed by atoms with Crippen molar-refractivity contribution in [3.8, 4) is 11.5 Å². The maximum absolute atomic E-state index is 13.3. The molecule has 1 aliphatic rings. The molecule has 0 saturated heterocycles. The summed E-state index contributed by atoms with van der Waals surface area (Å²) in [5.41, 5.74) is 1.82. The summed E-state index contributed by atoms with van der Waals surface area (Å²) in [6.45, 7) is 2.62. The first kappa shape index (κ1) is 18.3. The number of aliphatic imine (C=N–C) groups is 1. The molecule has 0 bridgehead atoms. The third-order valence-corrected chi connectivity index (χ3v) is 6.19. The largest absolute Gasteiger partial charge is 0.496 e. The number of benzene rings is 2. The molecule has 1 heterocycles. The molecule has 7 heteroatoms. The van der Waals surface area contributed by atoms with E-state index in [-0.39, 0.29) is 4.90 Å². The number of hydrogen-bond donors (Lipinski definition) is 0. The minimum atomic E-state index is -3.80. The number of hydrogen-bond acceptors (Lipinski definition) is 5. The van der Waals surface area contributed by atoms with E-state index in [1.807, 2.05) is 37.3 Å². The zero-order chi connectivity index (χ0) is 18.7. The molecule has 26 heavy (non-hydrogen) atoms. The minimum absolute atomic E-state index is 0.0881. The van der Waals surface area contributed by atoms with Crippen molar-refractivity contribution in [2.24, 2.45) is 4.99 Å². The SMILES string of the molecule is COc1cc(S(=O)(=O)N2CCN=C2Cc2ccccc2)c(OC)cc1C. The lowest BCUT2D eigenvalue weighted by Gasteiger charge is -2.22. The molecule has 0 aliphatic carbocycles. The van der Waals surface area contributed by atoms with Crippen molar-refractivity contribution in [2.45, 2.75) is 18.2 Å². The number of aryl methyl sites for hydroxylation is 1. The zero-order valence-electron chi connectivity index (χ0n) is 15.1. The van der Waals surface area contributed by atoms with Crippen LogP contribution in [0.4, 0.5) is 0 Å². The molecule has 0 N–H and O–H groups in total. The van der Waals surface area contributed by atoms with Crippen LogP contribution >= 0.6 is 0 Å². The normalized spacial score (nSPS) is 14.3. The quantitative estimate of drug-likeness (QED) is 0.780. The Morgan fingerprint density at radius 2 is 1.77 bits per heavy atom. The Labute approximate surface area is 154 Å². The third-order valence-electron chi connectivity index (χ3n) is 4.34. The van der Waals surface area contributed by atoms with Crippen LogP contribution in [-0.4, -0.2) is 45.9 Å². The molecule has 0 aromatic heterocycles. The van der Waals surface area contributed by atoms with Gasteiger partial charge in [0.1, 0.15) is 22.2 Å². The van der Waals surface area contributed by atoms with E-state index in [0.717, 1.165) is 11.1 Å². The van der Waals surface area contributed by atoms with Crippen LogP contribution in [0.2, 0.25) is 0 Å². The van der Waals surface area contributed by atoms with Gasteiger partial charge in [0.05, 0.1) is 27.3 Å². The Bertz CT molecular complexity index is 924. The topological polar surface area (TPSA) is 68.2 Å². The Kier molecular flexibility index (Phi) is 5.18. The summed E-state index contributed by atoms with van der Waals surface area (Å²) in [5.74, 6) is 1.34. The number of nitrogens with zero attached hydrogens (tertiary/aromatic N) is 2. The van der Waals surface area contributed by atoms with Crippen molar-refractivity contribution in [1.82, 2.24) is 4.31 Å².